The van der Waals surface area contributed by atoms with Crippen molar-refractivity contribution in [3.8, 4) is 0 Å². The summed E-state index contributed by atoms with van der Waals surface area (Å²) in [5.74, 6) is 0.644. The van der Waals surface area contributed by atoms with E-state index in [4.69, 9.17) is 4.74 Å². The quantitative estimate of drug-likeness (QED) is 0.835. The summed E-state index contributed by atoms with van der Waals surface area (Å²) in [7, 11) is 1.80. The van der Waals surface area contributed by atoms with Crippen molar-refractivity contribution in [1.29, 1.82) is 0 Å². The number of halogens is 1. The Balaban J connectivity index is 2.22. The van der Waals surface area contributed by atoms with E-state index < -0.39 is 0 Å². The van der Waals surface area contributed by atoms with Crippen LogP contribution in [0.2, 0.25) is 0 Å². The highest BCUT2D eigenvalue weighted by Gasteiger charge is 2.23. The molecule has 3 nitrogen and oxygen atoms in total. The van der Waals surface area contributed by atoms with Gasteiger partial charge in [-0.05, 0) is 49.9 Å². The summed E-state index contributed by atoms with van der Waals surface area (Å²) in [6.45, 7) is 8.49. The van der Waals surface area contributed by atoms with Crippen LogP contribution in [-0.4, -0.2) is 33.4 Å². The average molecular weight is 355 g/mol. The number of hydrogen-bond donors (Lipinski definition) is 1. The van der Waals surface area contributed by atoms with Gasteiger partial charge in [0.15, 0.2) is 0 Å². The van der Waals surface area contributed by atoms with Crippen LogP contribution >= 0.6 is 15.9 Å². The lowest BCUT2D eigenvalue weighted by molar-refractivity contribution is 0.143. The van der Waals surface area contributed by atoms with Crippen LogP contribution in [0.4, 0.5) is 5.69 Å². The third-order valence-electron chi connectivity index (χ3n) is 4.23. The molecule has 21 heavy (non-hydrogen) atoms. The van der Waals surface area contributed by atoms with E-state index >= 15 is 0 Å². The maximum Gasteiger partial charge on any atom is 0.0507 e. The maximum atomic E-state index is 5.36. The lowest BCUT2D eigenvalue weighted by Crippen LogP contribution is -2.38. The molecule has 1 N–H and O–H groups in total. The molecule has 0 amide bonds. The van der Waals surface area contributed by atoms with Gasteiger partial charge in [0.1, 0.15) is 0 Å². The number of nitrogens with one attached hydrogen (secondary N) is 1. The Labute approximate surface area is 137 Å². The van der Waals surface area contributed by atoms with Crippen molar-refractivity contribution in [2.24, 2.45) is 5.92 Å². The van der Waals surface area contributed by atoms with Crippen LogP contribution in [0.1, 0.15) is 38.3 Å². The number of piperidine rings is 1. The minimum atomic E-state index is 0.376. The monoisotopic (exact) mass is 354 g/mol. The number of ether oxygens (including phenoxy) is 1. The Hall–Kier alpha value is -0.580. The Morgan fingerprint density at radius 2 is 2.29 bits per heavy atom. The van der Waals surface area contributed by atoms with Crippen molar-refractivity contribution >= 4 is 21.6 Å². The minimum absolute atomic E-state index is 0.376. The highest BCUT2D eigenvalue weighted by atomic mass is 79.9. The van der Waals surface area contributed by atoms with Crippen LogP contribution in [0.5, 0.6) is 0 Å². The van der Waals surface area contributed by atoms with Gasteiger partial charge in [0.05, 0.1) is 6.61 Å². The normalized spacial score (nSPS) is 20.6. The van der Waals surface area contributed by atoms with Crippen LogP contribution < -0.4 is 10.2 Å². The zero-order valence-corrected chi connectivity index (χ0v) is 14.9. The van der Waals surface area contributed by atoms with Crippen molar-refractivity contribution in [3.63, 3.8) is 0 Å². The van der Waals surface area contributed by atoms with Gasteiger partial charge in [-0.2, -0.15) is 0 Å². The number of methoxy groups -OCH3 is 1. The molecule has 0 aliphatic carbocycles. The van der Waals surface area contributed by atoms with Gasteiger partial charge in [0.2, 0.25) is 0 Å². The molecule has 2 atom stereocenters. The fraction of sp³-hybridized carbons (Fsp3) is 0.647. The summed E-state index contributed by atoms with van der Waals surface area (Å²) >= 11 is 3.63. The van der Waals surface area contributed by atoms with Gasteiger partial charge in [-0.1, -0.05) is 28.9 Å². The van der Waals surface area contributed by atoms with E-state index in [2.05, 4.69) is 58.2 Å². The smallest absolute Gasteiger partial charge is 0.0507 e. The third-order valence-corrected chi connectivity index (χ3v) is 4.72. The first-order chi connectivity index (χ1) is 10.2. The highest BCUT2D eigenvalue weighted by Crippen LogP contribution is 2.32. The Morgan fingerprint density at radius 1 is 1.48 bits per heavy atom. The molecular formula is C17H27BrN2O. The number of nitrogens with zero attached hydrogens (tertiary/aromatic N) is 1. The molecule has 2 rings (SSSR count). The van der Waals surface area contributed by atoms with E-state index in [0.29, 0.717) is 12.0 Å². The van der Waals surface area contributed by atoms with Crippen molar-refractivity contribution in [2.75, 3.05) is 38.3 Å². The van der Waals surface area contributed by atoms with Crippen molar-refractivity contribution < 1.29 is 4.74 Å². The zero-order chi connectivity index (χ0) is 15.2. The number of rotatable bonds is 6. The largest absolute Gasteiger partial charge is 0.384 e. The zero-order valence-electron chi connectivity index (χ0n) is 13.4. The SMILES string of the molecule is CCNC(C)c1ccc(Br)cc1N1CCCC(COC)C1. The first kappa shape index (κ1) is 16.8. The third kappa shape index (κ3) is 4.44. The van der Waals surface area contributed by atoms with Gasteiger partial charge in [0.25, 0.3) is 0 Å². The van der Waals surface area contributed by atoms with E-state index in [9.17, 15) is 0 Å². The molecule has 0 spiro atoms. The molecule has 0 bridgehead atoms. The predicted octanol–water partition coefficient (Wildman–Crippen LogP) is 3.98. The van der Waals surface area contributed by atoms with Crippen molar-refractivity contribution in [2.45, 2.75) is 32.7 Å². The average Bonchev–Trinajstić information content (AvgIpc) is 2.48. The predicted molar refractivity (Wildman–Crippen MR) is 93.0 cm³/mol. The highest BCUT2D eigenvalue weighted by molar-refractivity contribution is 9.10. The maximum absolute atomic E-state index is 5.36. The van der Waals surface area contributed by atoms with E-state index in [-0.39, 0.29) is 0 Å². The summed E-state index contributed by atoms with van der Waals surface area (Å²) in [6, 6.07) is 7.02. The van der Waals surface area contributed by atoms with Gasteiger partial charge in [-0.15, -0.1) is 0 Å². The Morgan fingerprint density at radius 3 is 3.00 bits per heavy atom. The van der Waals surface area contributed by atoms with E-state index in [1.54, 1.807) is 7.11 Å². The Bertz CT molecular complexity index is 450. The van der Waals surface area contributed by atoms with E-state index in [1.807, 2.05) is 0 Å². The van der Waals surface area contributed by atoms with Crippen molar-refractivity contribution in [3.05, 3.63) is 28.2 Å². The fourth-order valence-corrected chi connectivity index (χ4v) is 3.58. The molecule has 0 saturated carbocycles. The van der Waals surface area contributed by atoms with Gasteiger partial charge in [-0.3, -0.25) is 0 Å². The molecule has 4 heteroatoms. The van der Waals surface area contributed by atoms with Crippen LogP contribution in [-0.2, 0) is 4.74 Å². The fourth-order valence-electron chi connectivity index (χ4n) is 3.23. The summed E-state index contributed by atoms with van der Waals surface area (Å²) in [6.07, 6.45) is 2.52. The lowest BCUT2D eigenvalue weighted by Gasteiger charge is -2.36. The second kappa shape index (κ2) is 8.16. The first-order valence-corrected chi connectivity index (χ1v) is 8.71. The van der Waals surface area contributed by atoms with Crippen LogP contribution in [0.25, 0.3) is 0 Å². The van der Waals surface area contributed by atoms with Gasteiger partial charge in [-0.25, -0.2) is 0 Å². The van der Waals surface area contributed by atoms with Crippen LogP contribution in [0.15, 0.2) is 22.7 Å². The second-order valence-electron chi connectivity index (χ2n) is 5.89. The molecule has 1 aromatic carbocycles. The molecule has 118 valence electrons. The number of benzene rings is 1. The molecule has 0 radical (unpaired) electrons. The standard InChI is InChI=1S/C17H27BrN2O/c1-4-19-13(2)16-8-7-15(18)10-17(16)20-9-5-6-14(11-20)12-21-3/h7-8,10,13-14,19H,4-6,9,11-12H2,1-3H3. The van der Waals surface area contributed by atoms with Gasteiger partial charge in [0, 0.05) is 36.4 Å². The van der Waals surface area contributed by atoms with E-state index in [0.717, 1.165) is 30.7 Å². The lowest BCUT2D eigenvalue weighted by atomic mass is 9.96. The van der Waals surface area contributed by atoms with Crippen molar-refractivity contribution in [1.82, 2.24) is 5.32 Å². The van der Waals surface area contributed by atoms with Gasteiger partial charge >= 0.3 is 0 Å². The molecule has 0 aromatic heterocycles. The molecule has 1 heterocycles. The molecule has 1 aliphatic rings. The summed E-state index contributed by atoms with van der Waals surface area (Å²) in [4.78, 5) is 2.53. The Kier molecular flexibility index (Phi) is 6.52. The van der Waals surface area contributed by atoms with Crippen LogP contribution in [0, 0.1) is 5.92 Å². The minimum Gasteiger partial charge on any atom is -0.384 e. The summed E-state index contributed by atoms with van der Waals surface area (Å²) in [5.41, 5.74) is 2.75. The molecule has 1 aliphatic heterocycles. The molecule has 1 aromatic rings. The van der Waals surface area contributed by atoms with Gasteiger partial charge < -0.3 is 15.0 Å². The number of hydrogen-bond acceptors (Lipinski definition) is 3. The molecule has 2 unspecified atom stereocenters. The molecule has 1 saturated heterocycles. The van der Waals surface area contributed by atoms with E-state index in [1.165, 1.54) is 24.1 Å². The molecule has 1 fully saturated rings. The summed E-state index contributed by atoms with van der Waals surface area (Å²) < 4.78 is 6.51. The van der Waals surface area contributed by atoms with Crippen LogP contribution in [0.3, 0.4) is 0 Å². The topological polar surface area (TPSA) is 24.5 Å². The molecular weight excluding hydrogens is 328 g/mol. The number of anilines is 1. The second-order valence-corrected chi connectivity index (χ2v) is 6.81. The summed E-state index contributed by atoms with van der Waals surface area (Å²) in [5, 5.41) is 3.53. The first-order valence-electron chi connectivity index (χ1n) is 7.92.